The molecular weight excluding hydrogens is 581 g/mol. The van der Waals surface area contributed by atoms with Crippen molar-refractivity contribution in [1.82, 2.24) is 0 Å². The maximum atomic E-state index is 9.40. The van der Waals surface area contributed by atoms with E-state index in [0.29, 0.717) is 11.3 Å². The smallest absolute Gasteiger partial charge is 0.187 e. The van der Waals surface area contributed by atoms with Crippen molar-refractivity contribution in [2.45, 2.75) is 0 Å². The first-order chi connectivity index (χ1) is 23.7. The molecule has 0 aliphatic rings. The van der Waals surface area contributed by atoms with Gasteiger partial charge in [-0.2, -0.15) is 5.26 Å². The molecule has 2 heteroatoms. The molecule has 0 unspecified atom stereocenters. The molecule has 9 aromatic rings. The molecule has 0 heterocycles. The third kappa shape index (κ3) is 4.33. The fourth-order valence-electron chi connectivity index (χ4n) is 7.38. The fourth-order valence-corrected chi connectivity index (χ4v) is 7.38. The standard InChI is InChI=1S/C46H26N2/c1-48-36-20-16-32(17-21-36)43-27-44(39-9-5-4-8-37(39)35-15-14-30-6-2-3-7-34(30)26-35)42-25-24-40-38(31-12-10-29(28-47)11-13-31)22-18-33-19-23-41(43)46(42)45(33)40/h2-27H. The first-order valence-electron chi connectivity index (χ1n) is 16.0. The Labute approximate surface area is 278 Å². The van der Waals surface area contributed by atoms with Gasteiger partial charge in [0.15, 0.2) is 5.69 Å². The molecule has 0 fully saturated rings. The quantitative estimate of drug-likeness (QED) is 0.145. The van der Waals surface area contributed by atoms with Crippen LogP contribution in [-0.4, -0.2) is 0 Å². The zero-order valence-corrected chi connectivity index (χ0v) is 25.9. The van der Waals surface area contributed by atoms with Gasteiger partial charge < -0.3 is 0 Å². The van der Waals surface area contributed by atoms with E-state index in [9.17, 15) is 5.26 Å². The summed E-state index contributed by atoms with van der Waals surface area (Å²) >= 11 is 0. The number of fused-ring (bicyclic) bond motifs is 1. The second-order valence-electron chi connectivity index (χ2n) is 12.3. The van der Waals surface area contributed by atoms with E-state index in [-0.39, 0.29) is 0 Å². The van der Waals surface area contributed by atoms with Gasteiger partial charge in [-0.3, -0.25) is 0 Å². The van der Waals surface area contributed by atoms with Gasteiger partial charge in [-0.15, -0.1) is 0 Å². The lowest BCUT2D eigenvalue weighted by molar-refractivity contribution is 1.48. The highest BCUT2D eigenvalue weighted by atomic mass is 14.6. The number of nitriles is 1. The molecule has 0 aliphatic carbocycles. The van der Waals surface area contributed by atoms with Crippen LogP contribution in [0.2, 0.25) is 0 Å². The Bertz CT molecular complexity index is 2780. The fraction of sp³-hybridized carbons (Fsp3) is 0. The Balaban J connectivity index is 1.37. The maximum Gasteiger partial charge on any atom is 0.187 e. The molecular formula is C46H26N2. The predicted octanol–water partition coefficient (Wildman–Crippen LogP) is 12.8. The molecule has 0 amide bonds. The molecule has 0 saturated heterocycles. The molecule has 48 heavy (non-hydrogen) atoms. The number of hydrogen-bond donors (Lipinski definition) is 0. The highest BCUT2D eigenvalue weighted by Gasteiger charge is 2.20. The van der Waals surface area contributed by atoms with Crippen molar-refractivity contribution in [3.8, 4) is 50.6 Å². The minimum Gasteiger partial charge on any atom is -0.238 e. The van der Waals surface area contributed by atoms with Crippen molar-refractivity contribution in [2.75, 3.05) is 0 Å². The monoisotopic (exact) mass is 606 g/mol. The van der Waals surface area contributed by atoms with E-state index < -0.39 is 0 Å². The van der Waals surface area contributed by atoms with Gasteiger partial charge in [0.25, 0.3) is 0 Å². The van der Waals surface area contributed by atoms with Gasteiger partial charge in [0, 0.05) is 0 Å². The molecule has 0 spiro atoms. The normalized spacial score (nSPS) is 11.3. The first kappa shape index (κ1) is 27.6. The Morgan fingerprint density at radius 3 is 1.77 bits per heavy atom. The van der Waals surface area contributed by atoms with Gasteiger partial charge in [0.1, 0.15) is 0 Å². The highest BCUT2D eigenvalue weighted by Crippen LogP contribution is 2.47. The summed E-state index contributed by atoms with van der Waals surface area (Å²) in [7, 11) is 0. The molecule has 220 valence electrons. The van der Waals surface area contributed by atoms with Crippen LogP contribution < -0.4 is 0 Å². The summed E-state index contributed by atoms with van der Waals surface area (Å²) in [5.74, 6) is 0. The summed E-state index contributed by atoms with van der Waals surface area (Å²) in [5.41, 5.74) is 10.5. The Kier molecular flexibility index (Phi) is 6.29. The average molecular weight is 607 g/mol. The Morgan fingerprint density at radius 1 is 0.417 bits per heavy atom. The van der Waals surface area contributed by atoms with Gasteiger partial charge >= 0.3 is 0 Å². The van der Waals surface area contributed by atoms with Crippen LogP contribution in [0.5, 0.6) is 0 Å². The lowest BCUT2D eigenvalue weighted by Crippen LogP contribution is -1.93. The van der Waals surface area contributed by atoms with Crippen LogP contribution in [0, 0.1) is 17.9 Å². The minimum absolute atomic E-state index is 0.630. The van der Waals surface area contributed by atoms with Gasteiger partial charge in [0.05, 0.1) is 18.2 Å². The lowest BCUT2D eigenvalue weighted by atomic mass is 9.82. The maximum absolute atomic E-state index is 9.40. The van der Waals surface area contributed by atoms with E-state index in [0.717, 1.165) is 22.3 Å². The van der Waals surface area contributed by atoms with Crippen molar-refractivity contribution >= 4 is 48.8 Å². The van der Waals surface area contributed by atoms with Crippen LogP contribution in [-0.2, 0) is 0 Å². The van der Waals surface area contributed by atoms with Crippen molar-refractivity contribution in [1.29, 1.82) is 5.26 Å². The first-order valence-corrected chi connectivity index (χ1v) is 16.0. The van der Waals surface area contributed by atoms with Gasteiger partial charge in [-0.05, 0) is 112 Å². The van der Waals surface area contributed by atoms with Gasteiger partial charge in [-0.25, -0.2) is 4.85 Å². The van der Waals surface area contributed by atoms with E-state index in [2.05, 4.69) is 132 Å². The molecule has 0 N–H and O–H groups in total. The third-order valence-electron chi connectivity index (χ3n) is 9.69. The molecule has 2 nitrogen and oxygen atoms in total. The van der Waals surface area contributed by atoms with Gasteiger partial charge in [0.2, 0.25) is 0 Å². The van der Waals surface area contributed by atoms with Gasteiger partial charge in [-0.1, -0.05) is 133 Å². The molecule has 0 aliphatic heterocycles. The molecule has 0 saturated carbocycles. The van der Waals surface area contributed by atoms with Crippen LogP contribution in [0.3, 0.4) is 0 Å². The van der Waals surface area contributed by atoms with Crippen LogP contribution in [0.25, 0.3) is 92.4 Å². The second-order valence-corrected chi connectivity index (χ2v) is 12.3. The van der Waals surface area contributed by atoms with E-state index in [1.807, 2.05) is 36.4 Å². The van der Waals surface area contributed by atoms with Crippen molar-refractivity contribution in [2.24, 2.45) is 0 Å². The zero-order chi connectivity index (χ0) is 32.2. The molecule has 9 aromatic carbocycles. The van der Waals surface area contributed by atoms with Crippen molar-refractivity contribution in [3.05, 3.63) is 175 Å². The molecule has 9 rings (SSSR count). The number of nitrogens with zero attached hydrogens (tertiary/aromatic N) is 2. The summed E-state index contributed by atoms with van der Waals surface area (Å²) in [6.45, 7) is 7.52. The Hall–Kier alpha value is -6.74. The number of hydrogen-bond acceptors (Lipinski definition) is 1. The molecule has 0 radical (unpaired) electrons. The minimum atomic E-state index is 0.630. The zero-order valence-electron chi connectivity index (χ0n) is 25.9. The largest absolute Gasteiger partial charge is 0.238 e. The van der Waals surface area contributed by atoms with Crippen molar-refractivity contribution in [3.63, 3.8) is 0 Å². The van der Waals surface area contributed by atoms with Crippen molar-refractivity contribution < 1.29 is 0 Å². The molecule has 0 atom stereocenters. The van der Waals surface area contributed by atoms with Crippen LogP contribution in [0.1, 0.15) is 5.56 Å². The topological polar surface area (TPSA) is 28.1 Å². The van der Waals surface area contributed by atoms with E-state index in [4.69, 9.17) is 6.57 Å². The SMILES string of the molecule is [C-]#[N+]c1ccc(-c2cc(-c3ccccc3-c3ccc4ccccc4c3)c3ccc4c(-c5ccc(C#N)cc5)ccc5ccc2c3c54)cc1. The summed E-state index contributed by atoms with van der Waals surface area (Å²) in [5, 5.41) is 19.1. The highest BCUT2D eigenvalue weighted by molar-refractivity contribution is 6.30. The van der Waals surface area contributed by atoms with E-state index in [1.54, 1.807) is 0 Å². The lowest BCUT2D eigenvalue weighted by Gasteiger charge is -2.21. The van der Waals surface area contributed by atoms with Crippen LogP contribution in [0.4, 0.5) is 5.69 Å². The summed E-state index contributed by atoms with van der Waals surface area (Å²) < 4.78 is 0. The molecule has 0 aromatic heterocycles. The summed E-state index contributed by atoms with van der Waals surface area (Å²) in [6.07, 6.45) is 0. The number of benzene rings is 9. The van der Waals surface area contributed by atoms with Crippen LogP contribution in [0.15, 0.2) is 158 Å². The average Bonchev–Trinajstić information content (AvgIpc) is 3.16. The molecule has 0 bridgehead atoms. The Morgan fingerprint density at radius 2 is 1.00 bits per heavy atom. The summed E-state index contributed by atoms with van der Waals surface area (Å²) in [6, 6.07) is 57.8. The summed E-state index contributed by atoms with van der Waals surface area (Å²) in [4.78, 5) is 3.65. The number of rotatable bonds is 4. The predicted molar refractivity (Wildman–Crippen MR) is 200 cm³/mol. The van der Waals surface area contributed by atoms with Crippen LogP contribution >= 0.6 is 0 Å². The van der Waals surface area contributed by atoms with E-state index >= 15 is 0 Å². The van der Waals surface area contributed by atoms with E-state index in [1.165, 1.54) is 65.3 Å². The third-order valence-corrected chi connectivity index (χ3v) is 9.69. The second kappa shape index (κ2) is 11.0.